The summed E-state index contributed by atoms with van der Waals surface area (Å²) >= 11 is 0. The van der Waals surface area contributed by atoms with E-state index >= 15 is 0 Å². The van der Waals surface area contributed by atoms with Gasteiger partial charge in [0, 0.05) is 43.9 Å². The van der Waals surface area contributed by atoms with Crippen LogP contribution in [0.2, 0.25) is 0 Å². The first kappa shape index (κ1) is 37.1. The molecule has 2 aromatic heterocycles. The Hall–Kier alpha value is -3.34. The van der Waals surface area contributed by atoms with Crippen LogP contribution in [0.3, 0.4) is 0 Å². The smallest absolute Gasteiger partial charge is 0.381 e. The van der Waals surface area contributed by atoms with Crippen molar-refractivity contribution in [3.63, 3.8) is 0 Å². The van der Waals surface area contributed by atoms with Gasteiger partial charge in [-0.2, -0.15) is 17.6 Å². The third kappa shape index (κ3) is 8.52. The van der Waals surface area contributed by atoms with Gasteiger partial charge in [-0.3, -0.25) is 4.79 Å². The highest BCUT2D eigenvalue weighted by molar-refractivity contribution is 5.85. The van der Waals surface area contributed by atoms with Crippen molar-refractivity contribution >= 4 is 11.6 Å². The molecule has 0 bridgehead atoms. The second kappa shape index (κ2) is 16.0. The van der Waals surface area contributed by atoms with E-state index in [-0.39, 0.29) is 24.2 Å². The first-order valence-corrected chi connectivity index (χ1v) is 16.0. The number of carbonyl (C=O) groups is 1. The minimum atomic E-state index is -4.61. The van der Waals surface area contributed by atoms with Crippen molar-refractivity contribution in [2.45, 2.75) is 97.7 Å². The average Bonchev–Trinajstić information content (AvgIpc) is 3.53. The molecule has 11 heteroatoms. The van der Waals surface area contributed by atoms with Gasteiger partial charge in [0.2, 0.25) is 11.9 Å². The minimum Gasteiger partial charge on any atom is -0.381 e. The number of allylic oxidation sites excluding steroid dienone is 2. The van der Waals surface area contributed by atoms with Gasteiger partial charge in [0.1, 0.15) is 6.67 Å². The zero-order chi connectivity index (χ0) is 34.1. The first-order chi connectivity index (χ1) is 21.8. The van der Waals surface area contributed by atoms with E-state index in [9.17, 15) is 26.7 Å². The molecule has 3 aromatic rings. The third-order valence-electron chi connectivity index (χ3n) is 8.69. The van der Waals surface area contributed by atoms with Crippen LogP contribution in [-0.4, -0.2) is 58.0 Å². The Morgan fingerprint density at radius 3 is 2.22 bits per heavy atom. The van der Waals surface area contributed by atoms with Gasteiger partial charge < -0.3 is 9.64 Å². The first-order valence-electron chi connectivity index (χ1n) is 16.0. The van der Waals surface area contributed by atoms with Crippen molar-refractivity contribution in [1.29, 1.82) is 0 Å². The zero-order valence-corrected chi connectivity index (χ0v) is 27.8. The number of rotatable bonds is 7. The van der Waals surface area contributed by atoms with E-state index in [4.69, 9.17) is 4.74 Å². The molecule has 2 aliphatic rings. The van der Waals surface area contributed by atoms with E-state index in [1.54, 1.807) is 31.3 Å². The highest BCUT2D eigenvalue weighted by Gasteiger charge is 2.55. The van der Waals surface area contributed by atoms with Crippen molar-refractivity contribution in [3.8, 4) is 0 Å². The number of ether oxygens (including phenoxy) is 1. The Morgan fingerprint density at radius 1 is 1.07 bits per heavy atom. The lowest BCUT2D eigenvalue weighted by atomic mass is 9.79. The number of amides is 1. The maximum atomic E-state index is 14.3. The number of alkyl halides is 4. The molecule has 0 aliphatic carbocycles. The number of hydrogen-bond acceptors (Lipinski definition) is 4. The molecular weight excluding hydrogens is 603 g/mol. The molecule has 4 heterocycles. The van der Waals surface area contributed by atoms with Crippen LogP contribution in [0.25, 0.3) is 5.65 Å². The molecule has 0 saturated carbocycles. The lowest BCUT2D eigenvalue weighted by Gasteiger charge is -2.35. The summed E-state index contributed by atoms with van der Waals surface area (Å²) in [5.74, 6) is -1.05. The van der Waals surface area contributed by atoms with Crippen molar-refractivity contribution in [2.24, 2.45) is 5.41 Å². The molecule has 1 aromatic carbocycles. The van der Waals surface area contributed by atoms with Gasteiger partial charge in [0.05, 0.1) is 11.1 Å². The molecule has 254 valence electrons. The highest BCUT2D eigenvalue weighted by atomic mass is 19.4. The largest absolute Gasteiger partial charge is 0.413 e. The molecule has 1 unspecified atom stereocenters. The van der Waals surface area contributed by atoms with Crippen LogP contribution in [-0.2, 0) is 21.4 Å². The topological polar surface area (TPSA) is 59.7 Å². The number of nitrogens with zero attached hydrogens (tertiary/aromatic N) is 4. The average molecular weight is 651 g/mol. The monoisotopic (exact) mass is 650 g/mol. The maximum absolute atomic E-state index is 14.3. The van der Waals surface area contributed by atoms with Gasteiger partial charge in [-0.05, 0) is 49.3 Å². The van der Waals surface area contributed by atoms with Crippen LogP contribution in [0.5, 0.6) is 0 Å². The highest BCUT2D eigenvalue weighted by Crippen LogP contribution is 2.48. The number of carbonyl (C=O) groups excluding carboxylic acids is 1. The molecule has 1 atom stereocenters. The number of hydrogen-bond donors (Lipinski definition) is 0. The second-order valence-electron chi connectivity index (χ2n) is 12.5. The summed E-state index contributed by atoms with van der Waals surface area (Å²) in [7, 11) is 0. The van der Waals surface area contributed by atoms with E-state index in [1.165, 1.54) is 35.2 Å². The predicted molar refractivity (Wildman–Crippen MR) is 170 cm³/mol. The Labute approximate surface area is 269 Å². The molecule has 0 N–H and O–H groups in total. The number of halogens is 5. The fraction of sp³-hybridized carbons (Fsp3) is 0.571. The molecule has 5 rings (SSSR count). The summed E-state index contributed by atoms with van der Waals surface area (Å²) in [6, 6.07) is 5.52. The number of fused-ring (bicyclic) bond motifs is 1. The molecule has 2 aliphatic heterocycles. The second-order valence-corrected chi connectivity index (χ2v) is 12.5. The van der Waals surface area contributed by atoms with Gasteiger partial charge in [0.15, 0.2) is 11.7 Å². The van der Waals surface area contributed by atoms with Gasteiger partial charge in [0.25, 0.3) is 0 Å². The van der Waals surface area contributed by atoms with Gasteiger partial charge in [-0.15, -0.1) is 5.10 Å². The fourth-order valence-electron chi connectivity index (χ4n) is 5.95. The lowest BCUT2D eigenvalue weighted by Crippen LogP contribution is -2.44. The van der Waals surface area contributed by atoms with Crippen LogP contribution in [0.1, 0.15) is 102 Å². The van der Waals surface area contributed by atoms with Crippen LogP contribution >= 0.6 is 0 Å². The Balaban J connectivity index is 0.000000647. The van der Waals surface area contributed by atoms with Crippen LogP contribution in [0.4, 0.5) is 22.0 Å². The number of aromatic nitrogens is 3. The SMILES string of the molecule is C/C=C/CF.CCC.CCC(C)(C)c1c(Cc2ccc(C(N3CCC4(CCOCC4)C3=O)C(F)(F)F)cc2)cnc2cc(F)nn12. The van der Waals surface area contributed by atoms with Crippen molar-refractivity contribution in [2.75, 3.05) is 26.4 Å². The summed E-state index contributed by atoms with van der Waals surface area (Å²) in [6.45, 7) is 12.7. The van der Waals surface area contributed by atoms with Gasteiger partial charge in [-0.1, -0.05) is 77.5 Å². The van der Waals surface area contributed by atoms with Crippen molar-refractivity contribution in [1.82, 2.24) is 19.5 Å². The van der Waals surface area contributed by atoms with Crippen LogP contribution in [0, 0.1) is 11.4 Å². The van der Waals surface area contributed by atoms with E-state index in [0.717, 1.165) is 28.1 Å². The standard InChI is InChI=1S/C28H32F4N4O2.C4H7F.C3H8/c1-4-26(2,3)23-20(17-33-22-16-21(29)34-36(22)23)15-18-5-7-19(8-6-18)24(28(30,31)32)35-12-9-27(25(35)37)10-13-38-14-11-27;1-2-3-4-5;1-3-2/h5-8,16-17,24H,4,9-15H2,1-3H3;2-3H,4H2,1H3;3H2,1-2H3/b;3-2+;. The van der Waals surface area contributed by atoms with E-state index in [1.807, 2.05) is 20.8 Å². The molecule has 2 fully saturated rings. The molecule has 46 heavy (non-hydrogen) atoms. The normalized spacial score (nSPS) is 17.2. The molecular formula is C35H47F5N4O2. The molecule has 1 amide bonds. The Morgan fingerprint density at radius 2 is 1.70 bits per heavy atom. The minimum absolute atomic E-state index is 0.0375. The molecule has 1 spiro atoms. The lowest BCUT2D eigenvalue weighted by molar-refractivity contribution is -0.191. The van der Waals surface area contributed by atoms with E-state index in [2.05, 4.69) is 23.9 Å². The summed E-state index contributed by atoms with van der Waals surface area (Å²) in [4.78, 5) is 18.6. The number of benzene rings is 1. The maximum Gasteiger partial charge on any atom is 0.413 e. The Kier molecular flexibility index (Phi) is 12.9. The van der Waals surface area contributed by atoms with Gasteiger partial charge >= 0.3 is 6.18 Å². The van der Waals surface area contributed by atoms with E-state index < -0.39 is 29.5 Å². The number of likely N-dealkylation sites (tertiary alicyclic amines) is 1. The summed E-state index contributed by atoms with van der Waals surface area (Å²) in [5, 5.41) is 4.00. The molecule has 6 nitrogen and oxygen atoms in total. The fourth-order valence-corrected chi connectivity index (χ4v) is 5.95. The molecule has 2 saturated heterocycles. The summed E-state index contributed by atoms with van der Waals surface area (Å²) in [5.41, 5.74) is 1.78. The third-order valence-corrected chi connectivity index (χ3v) is 8.69. The summed E-state index contributed by atoms with van der Waals surface area (Å²) < 4.78 is 74.7. The molecule has 0 radical (unpaired) electrons. The summed E-state index contributed by atoms with van der Waals surface area (Å²) in [6.07, 6.45) is 3.97. The van der Waals surface area contributed by atoms with E-state index in [0.29, 0.717) is 44.5 Å². The van der Waals surface area contributed by atoms with Crippen LogP contribution in [0.15, 0.2) is 48.7 Å². The van der Waals surface area contributed by atoms with Crippen molar-refractivity contribution < 1.29 is 31.5 Å². The Bertz CT molecular complexity index is 1440. The predicted octanol–water partition coefficient (Wildman–Crippen LogP) is 8.73. The van der Waals surface area contributed by atoms with Crippen molar-refractivity contribution in [3.05, 3.63) is 77.0 Å². The zero-order valence-electron chi connectivity index (χ0n) is 27.8. The van der Waals surface area contributed by atoms with Gasteiger partial charge in [-0.25, -0.2) is 13.9 Å². The van der Waals surface area contributed by atoms with Crippen LogP contribution < -0.4 is 0 Å². The quantitative estimate of drug-likeness (QED) is 0.190.